The molecule has 0 saturated heterocycles. The van der Waals surface area contributed by atoms with E-state index in [4.69, 9.17) is 16.3 Å². The number of hydrogen-bond acceptors (Lipinski definition) is 6. The van der Waals surface area contributed by atoms with E-state index < -0.39 is 11.0 Å². The van der Waals surface area contributed by atoms with Crippen LogP contribution in [0.3, 0.4) is 0 Å². The Bertz CT molecular complexity index is 1300. The second kappa shape index (κ2) is 10.3. The van der Waals surface area contributed by atoms with E-state index >= 15 is 0 Å². The molecule has 34 heavy (non-hydrogen) atoms. The molecule has 1 atom stereocenters. The zero-order valence-electron chi connectivity index (χ0n) is 19.3. The Kier molecular flexibility index (Phi) is 7.23. The van der Waals surface area contributed by atoms with E-state index in [0.717, 1.165) is 27.9 Å². The summed E-state index contributed by atoms with van der Waals surface area (Å²) in [5, 5.41) is 14.5. The summed E-state index contributed by atoms with van der Waals surface area (Å²) in [6.45, 7) is 8.30. The molecule has 1 unspecified atom stereocenters. The summed E-state index contributed by atoms with van der Waals surface area (Å²) < 4.78 is 21.6. The lowest BCUT2D eigenvalue weighted by Gasteiger charge is -2.29. The standard InChI is InChI=1S/C24H25ClN6O2S/c1-15(2)31(34(32)20-6-5-9-26-13-20)22-10-16(3)17(4)11-23(22)33-14-19-8-7-18(12-21(19)25)24-27-29-30-28-24/h5-13,15H,14H2,1-4H3,(H,27,28,29,30). The second-order valence-electron chi connectivity index (χ2n) is 8.09. The van der Waals surface area contributed by atoms with Gasteiger partial charge in [-0.25, -0.2) is 4.21 Å². The number of ether oxygens (including phenoxy) is 1. The number of aromatic amines is 1. The summed E-state index contributed by atoms with van der Waals surface area (Å²) in [5.41, 5.74) is 4.47. The van der Waals surface area contributed by atoms with Gasteiger partial charge in [0.15, 0.2) is 11.0 Å². The van der Waals surface area contributed by atoms with E-state index in [1.165, 1.54) is 0 Å². The van der Waals surface area contributed by atoms with Crippen molar-refractivity contribution < 1.29 is 8.95 Å². The number of rotatable bonds is 8. The van der Waals surface area contributed by atoms with Crippen molar-refractivity contribution in [3.05, 3.63) is 76.6 Å². The van der Waals surface area contributed by atoms with Gasteiger partial charge >= 0.3 is 0 Å². The molecule has 0 aliphatic carbocycles. The molecule has 0 radical (unpaired) electrons. The Hall–Kier alpha value is -3.30. The predicted molar refractivity (Wildman–Crippen MR) is 133 cm³/mol. The zero-order chi connectivity index (χ0) is 24.2. The zero-order valence-corrected chi connectivity index (χ0v) is 20.9. The fraction of sp³-hybridized carbons (Fsp3) is 0.250. The molecule has 176 valence electrons. The van der Waals surface area contributed by atoms with E-state index in [9.17, 15) is 4.21 Å². The van der Waals surface area contributed by atoms with Gasteiger partial charge in [-0.3, -0.25) is 9.29 Å². The minimum atomic E-state index is -1.46. The fourth-order valence-corrected chi connectivity index (χ4v) is 4.94. The lowest BCUT2D eigenvalue weighted by Crippen LogP contribution is -2.33. The number of nitrogens with zero attached hydrogens (tertiary/aromatic N) is 5. The fourth-order valence-electron chi connectivity index (χ4n) is 3.43. The molecule has 0 aliphatic rings. The maximum Gasteiger partial charge on any atom is 0.204 e. The van der Waals surface area contributed by atoms with Crippen LogP contribution in [0.1, 0.15) is 30.5 Å². The molecule has 0 saturated carbocycles. The van der Waals surface area contributed by atoms with Gasteiger partial charge in [0.05, 0.1) is 10.6 Å². The predicted octanol–water partition coefficient (Wildman–Crippen LogP) is 5.05. The smallest absolute Gasteiger partial charge is 0.204 e. The number of benzene rings is 2. The number of hydrogen-bond donors (Lipinski definition) is 1. The van der Waals surface area contributed by atoms with Crippen molar-refractivity contribution in [2.24, 2.45) is 0 Å². The first kappa shape index (κ1) is 23.8. The molecule has 2 heterocycles. The Labute approximate surface area is 205 Å². The van der Waals surface area contributed by atoms with Gasteiger partial charge in [0.2, 0.25) is 5.82 Å². The number of tetrazole rings is 1. The molecule has 10 heteroatoms. The van der Waals surface area contributed by atoms with Crippen LogP contribution in [-0.4, -0.2) is 35.9 Å². The van der Waals surface area contributed by atoms with Gasteiger partial charge in [-0.2, -0.15) is 5.21 Å². The highest BCUT2D eigenvalue weighted by molar-refractivity contribution is 7.86. The SMILES string of the molecule is Cc1cc(OCc2ccc(-c3nn[nH]n3)cc2Cl)c(N(C(C)C)S(=O)c2cccnc2)cc1C. The molecule has 2 aromatic carbocycles. The van der Waals surface area contributed by atoms with Gasteiger partial charge < -0.3 is 4.74 Å². The summed E-state index contributed by atoms with van der Waals surface area (Å²) in [5.74, 6) is 1.10. The number of H-pyrrole nitrogens is 1. The monoisotopic (exact) mass is 496 g/mol. The number of pyridine rings is 1. The quantitative estimate of drug-likeness (QED) is 0.366. The maximum absolute atomic E-state index is 13.5. The Morgan fingerprint density at radius 1 is 1.15 bits per heavy atom. The van der Waals surface area contributed by atoms with E-state index in [2.05, 4.69) is 25.6 Å². The van der Waals surface area contributed by atoms with Crippen LogP contribution in [0, 0.1) is 13.8 Å². The molecule has 0 bridgehead atoms. The molecule has 1 N–H and O–H groups in total. The molecule has 0 spiro atoms. The highest BCUT2D eigenvalue weighted by Crippen LogP contribution is 2.36. The molecule has 0 amide bonds. The highest BCUT2D eigenvalue weighted by atomic mass is 35.5. The largest absolute Gasteiger partial charge is 0.487 e. The van der Waals surface area contributed by atoms with Crippen LogP contribution in [0.5, 0.6) is 5.75 Å². The molecule has 0 aliphatic heterocycles. The van der Waals surface area contributed by atoms with Crippen LogP contribution in [0.25, 0.3) is 11.4 Å². The first-order valence-corrected chi connectivity index (χ1v) is 12.2. The van der Waals surface area contributed by atoms with Gasteiger partial charge in [0.25, 0.3) is 0 Å². The molecule has 4 rings (SSSR count). The number of nitrogens with one attached hydrogen (secondary N) is 1. The summed E-state index contributed by atoms with van der Waals surface area (Å²) >= 11 is 6.52. The van der Waals surface area contributed by atoms with Gasteiger partial charge in [0, 0.05) is 34.6 Å². The number of aryl methyl sites for hydroxylation is 2. The number of halogens is 1. The number of anilines is 1. The lowest BCUT2D eigenvalue weighted by molar-refractivity contribution is 0.307. The van der Waals surface area contributed by atoms with Crippen LogP contribution in [0.15, 0.2) is 59.8 Å². The molecular weight excluding hydrogens is 472 g/mol. The minimum absolute atomic E-state index is 0.0525. The average molecular weight is 497 g/mol. The molecular formula is C24H25ClN6O2S. The van der Waals surface area contributed by atoms with Crippen molar-refractivity contribution in [2.75, 3.05) is 4.31 Å². The lowest BCUT2D eigenvalue weighted by atomic mass is 10.1. The number of aromatic nitrogens is 5. The summed E-state index contributed by atoms with van der Waals surface area (Å²) in [4.78, 5) is 4.75. The van der Waals surface area contributed by atoms with Crippen molar-refractivity contribution in [1.82, 2.24) is 25.6 Å². The molecule has 2 aromatic heterocycles. The van der Waals surface area contributed by atoms with E-state index in [1.54, 1.807) is 24.5 Å². The molecule has 0 fully saturated rings. The minimum Gasteiger partial charge on any atom is -0.487 e. The molecule has 4 aromatic rings. The van der Waals surface area contributed by atoms with Crippen molar-refractivity contribution in [3.8, 4) is 17.1 Å². The van der Waals surface area contributed by atoms with Crippen molar-refractivity contribution in [3.63, 3.8) is 0 Å². The first-order chi connectivity index (χ1) is 16.3. The van der Waals surface area contributed by atoms with E-state index in [-0.39, 0.29) is 12.6 Å². The Morgan fingerprint density at radius 2 is 1.94 bits per heavy atom. The third kappa shape index (κ3) is 5.10. The van der Waals surface area contributed by atoms with Crippen molar-refractivity contribution in [2.45, 2.75) is 45.2 Å². The third-order valence-corrected chi connectivity index (χ3v) is 7.31. The molecule has 8 nitrogen and oxygen atoms in total. The van der Waals surface area contributed by atoms with E-state index in [0.29, 0.717) is 21.5 Å². The average Bonchev–Trinajstić information content (AvgIpc) is 3.36. The van der Waals surface area contributed by atoms with Crippen LogP contribution < -0.4 is 9.04 Å². The summed E-state index contributed by atoms with van der Waals surface area (Å²) in [7, 11) is -1.46. The normalized spacial score (nSPS) is 12.1. The Balaban J connectivity index is 1.65. The van der Waals surface area contributed by atoms with Crippen LogP contribution in [0.4, 0.5) is 5.69 Å². The van der Waals surface area contributed by atoms with Gasteiger partial charge in [0.1, 0.15) is 12.4 Å². The van der Waals surface area contributed by atoms with Crippen molar-refractivity contribution >= 4 is 28.3 Å². The van der Waals surface area contributed by atoms with Gasteiger partial charge in [-0.05, 0) is 74.4 Å². The summed E-state index contributed by atoms with van der Waals surface area (Å²) in [6, 6.07) is 13.1. The van der Waals surface area contributed by atoms with Gasteiger partial charge in [-0.15, -0.1) is 10.2 Å². The third-order valence-electron chi connectivity index (χ3n) is 5.34. The second-order valence-corrected chi connectivity index (χ2v) is 9.86. The Morgan fingerprint density at radius 3 is 2.59 bits per heavy atom. The van der Waals surface area contributed by atoms with Crippen LogP contribution in [-0.2, 0) is 17.6 Å². The first-order valence-electron chi connectivity index (χ1n) is 10.7. The van der Waals surface area contributed by atoms with Crippen molar-refractivity contribution in [1.29, 1.82) is 0 Å². The van der Waals surface area contributed by atoms with Crippen LogP contribution in [0.2, 0.25) is 5.02 Å². The highest BCUT2D eigenvalue weighted by Gasteiger charge is 2.24. The van der Waals surface area contributed by atoms with Crippen LogP contribution >= 0.6 is 11.6 Å². The van der Waals surface area contributed by atoms with Gasteiger partial charge in [-0.1, -0.05) is 23.7 Å². The summed E-state index contributed by atoms with van der Waals surface area (Å²) in [6.07, 6.45) is 3.29. The topological polar surface area (TPSA) is 96.9 Å². The maximum atomic E-state index is 13.5. The van der Waals surface area contributed by atoms with E-state index in [1.807, 2.05) is 62.3 Å².